The first-order chi connectivity index (χ1) is 10.7. The van der Waals surface area contributed by atoms with Gasteiger partial charge < -0.3 is 20.4 Å². The Balaban J connectivity index is 0.00000264. The van der Waals surface area contributed by atoms with Gasteiger partial charge in [-0.1, -0.05) is 18.2 Å². The number of hydrogen-bond acceptors (Lipinski definition) is 3. The lowest BCUT2D eigenvalue weighted by atomic mass is 10.2. The highest BCUT2D eigenvalue weighted by atomic mass is 127. The van der Waals surface area contributed by atoms with Gasteiger partial charge in [0.15, 0.2) is 5.96 Å². The zero-order valence-electron chi connectivity index (χ0n) is 14.5. The quantitative estimate of drug-likeness (QED) is 0.313. The normalized spacial score (nSPS) is 18.0. The minimum Gasteiger partial charge on any atom is -0.369 e. The molecule has 1 aromatic carbocycles. The highest BCUT2D eigenvalue weighted by Crippen LogP contribution is 2.19. The Morgan fingerprint density at radius 3 is 2.70 bits per heavy atom. The number of halogens is 1. The van der Waals surface area contributed by atoms with Gasteiger partial charge in [-0.15, -0.1) is 24.0 Å². The largest absolute Gasteiger partial charge is 0.369 e. The third-order valence-electron chi connectivity index (χ3n) is 3.95. The van der Waals surface area contributed by atoms with Crippen LogP contribution in [0.5, 0.6) is 0 Å². The van der Waals surface area contributed by atoms with E-state index >= 15 is 0 Å². The average Bonchev–Trinajstić information content (AvgIpc) is 2.99. The Labute approximate surface area is 157 Å². The van der Waals surface area contributed by atoms with Gasteiger partial charge in [0.2, 0.25) is 0 Å². The monoisotopic (exact) mass is 431 g/mol. The van der Waals surface area contributed by atoms with E-state index in [1.807, 2.05) is 7.05 Å². The molecule has 6 heteroatoms. The molecule has 0 spiro atoms. The minimum atomic E-state index is 0. The molecular weight excluding hydrogens is 401 g/mol. The fourth-order valence-corrected chi connectivity index (χ4v) is 2.74. The fourth-order valence-electron chi connectivity index (χ4n) is 2.74. The van der Waals surface area contributed by atoms with Crippen LogP contribution in [0.1, 0.15) is 12.8 Å². The fraction of sp³-hybridized carbons (Fsp3) is 0.588. The lowest BCUT2D eigenvalue weighted by molar-refractivity contribution is 0.399. The van der Waals surface area contributed by atoms with Crippen molar-refractivity contribution in [1.29, 1.82) is 0 Å². The number of nitrogens with zero attached hydrogens (tertiary/aromatic N) is 3. The zero-order valence-corrected chi connectivity index (χ0v) is 16.8. The number of rotatable bonds is 6. The zero-order chi connectivity index (χ0) is 15.8. The van der Waals surface area contributed by atoms with Crippen molar-refractivity contribution in [3.05, 3.63) is 30.3 Å². The summed E-state index contributed by atoms with van der Waals surface area (Å²) in [7, 11) is 6.04. The molecule has 23 heavy (non-hydrogen) atoms. The lowest BCUT2D eigenvalue weighted by Crippen LogP contribution is -2.45. The summed E-state index contributed by atoms with van der Waals surface area (Å²) in [5.41, 5.74) is 1.31. The van der Waals surface area contributed by atoms with Crippen molar-refractivity contribution in [3.63, 3.8) is 0 Å². The summed E-state index contributed by atoms with van der Waals surface area (Å²) in [6.07, 6.45) is 2.27. The molecule has 0 radical (unpaired) electrons. The summed E-state index contributed by atoms with van der Waals surface area (Å²) < 4.78 is 0. The summed E-state index contributed by atoms with van der Waals surface area (Å²) in [6, 6.07) is 11.1. The number of nitrogens with one attached hydrogen (secondary N) is 2. The van der Waals surface area contributed by atoms with E-state index < -0.39 is 0 Å². The van der Waals surface area contributed by atoms with Crippen LogP contribution in [-0.4, -0.2) is 64.2 Å². The maximum Gasteiger partial charge on any atom is 0.191 e. The van der Waals surface area contributed by atoms with Crippen LogP contribution in [0.4, 0.5) is 5.69 Å². The molecular formula is C17H30IN5. The van der Waals surface area contributed by atoms with Crippen LogP contribution in [0, 0.1) is 0 Å². The molecule has 1 saturated heterocycles. The summed E-state index contributed by atoms with van der Waals surface area (Å²) in [5, 5.41) is 6.94. The van der Waals surface area contributed by atoms with Crippen molar-refractivity contribution in [3.8, 4) is 0 Å². The number of aliphatic imine (C=N–C) groups is 1. The van der Waals surface area contributed by atoms with E-state index in [1.54, 1.807) is 0 Å². The Bertz CT molecular complexity index is 463. The van der Waals surface area contributed by atoms with E-state index in [0.717, 1.165) is 45.0 Å². The Morgan fingerprint density at radius 1 is 1.30 bits per heavy atom. The van der Waals surface area contributed by atoms with E-state index in [9.17, 15) is 0 Å². The molecule has 0 amide bonds. The van der Waals surface area contributed by atoms with Gasteiger partial charge in [0, 0.05) is 38.4 Å². The van der Waals surface area contributed by atoms with Crippen LogP contribution in [-0.2, 0) is 0 Å². The molecule has 0 aliphatic carbocycles. The van der Waals surface area contributed by atoms with Crippen LogP contribution in [0.2, 0.25) is 0 Å². The molecule has 130 valence electrons. The second-order valence-corrected chi connectivity index (χ2v) is 6.07. The molecule has 1 unspecified atom stereocenters. The van der Waals surface area contributed by atoms with Crippen molar-refractivity contribution >= 4 is 35.6 Å². The third kappa shape index (κ3) is 6.95. The highest BCUT2D eigenvalue weighted by Gasteiger charge is 2.23. The first-order valence-electron chi connectivity index (χ1n) is 8.11. The maximum atomic E-state index is 4.33. The van der Waals surface area contributed by atoms with E-state index in [0.29, 0.717) is 6.04 Å². The summed E-state index contributed by atoms with van der Waals surface area (Å²) in [5.74, 6) is 0.915. The number of hydrogen-bond donors (Lipinski definition) is 2. The predicted octanol–water partition coefficient (Wildman–Crippen LogP) is 2.00. The summed E-state index contributed by atoms with van der Waals surface area (Å²) >= 11 is 0. The number of benzene rings is 1. The molecule has 0 saturated carbocycles. The first kappa shape index (κ1) is 20.0. The van der Waals surface area contributed by atoms with Crippen molar-refractivity contribution in [2.45, 2.75) is 18.9 Å². The Morgan fingerprint density at radius 2 is 2.04 bits per heavy atom. The van der Waals surface area contributed by atoms with Gasteiger partial charge in [0.05, 0.1) is 0 Å². The van der Waals surface area contributed by atoms with Crippen molar-refractivity contribution < 1.29 is 0 Å². The molecule has 0 bridgehead atoms. The van der Waals surface area contributed by atoms with Gasteiger partial charge in [-0.25, -0.2) is 0 Å². The summed E-state index contributed by atoms with van der Waals surface area (Å²) in [4.78, 5) is 8.96. The second-order valence-electron chi connectivity index (χ2n) is 6.07. The molecule has 2 rings (SSSR count). The minimum absolute atomic E-state index is 0. The molecule has 1 aromatic rings. The molecule has 0 aromatic heterocycles. The van der Waals surface area contributed by atoms with E-state index in [-0.39, 0.29) is 24.0 Å². The topological polar surface area (TPSA) is 42.9 Å². The smallest absolute Gasteiger partial charge is 0.191 e. The van der Waals surface area contributed by atoms with Gasteiger partial charge in [-0.05, 0) is 45.6 Å². The van der Waals surface area contributed by atoms with E-state index in [1.165, 1.54) is 5.69 Å². The Kier molecular flexibility index (Phi) is 9.31. The summed E-state index contributed by atoms with van der Waals surface area (Å²) in [6.45, 7) is 4.17. The van der Waals surface area contributed by atoms with E-state index in [2.05, 4.69) is 69.9 Å². The van der Waals surface area contributed by atoms with Gasteiger partial charge in [-0.3, -0.25) is 4.99 Å². The van der Waals surface area contributed by atoms with Crippen molar-refractivity contribution in [2.24, 2.45) is 4.99 Å². The predicted molar refractivity (Wildman–Crippen MR) is 110 cm³/mol. The lowest BCUT2D eigenvalue weighted by Gasteiger charge is -2.20. The molecule has 1 atom stereocenters. The SMILES string of the molecule is CN=C(NCCCN(C)C)NC1CCN(c2ccccc2)C1.I. The standard InChI is InChI=1S/C17H29N5.HI/c1-18-17(19-11-7-12-21(2)3)20-15-10-13-22(14-15)16-8-5-4-6-9-16;/h4-6,8-9,15H,7,10-14H2,1-3H3,(H2,18,19,20);1H. The van der Waals surface area contributed by atoms with Crippen LogP contribution in [0.25, 0.3) is 0 Å². The highest BCUT2D eigenvalue weighted by molar-refractivity contribution is 14.0. The molecule has 1 aliphatic heterocycles. The second kappa shape index (κ2) is 10.7. The maximum absolute atomic E-state index is 4.33. The number of para-hydroxylation sites is 1. The Hall–Kier alpha value is -1.02. The number of guanidine groups is 1. The van der Waals surface area contributed by atoms with Gasteiger partial charge in [0.1, 0.15) is 0 Å². The molecule has 5 nitrogen and oxygen atoms in total. The van der Waals surface area contributed by atoms with Crippen molar-refractivity contribution in [1.82, 2.24) is 15.5 Å². The molecule has 1 heterocycles. The molecule has 1 aliphatic rings. The first-order valence-corrected chi connectivity index (χ1v) is 8.11. The molecule has 2 N–H and O–H groups in total. The van der Waals surface area contributed by atoms with Crippen LogP contribution in [0.15, 0.2) is 35.3 Å². The van der Waals surface area contributed by atoms with E-state index in [4.69, 9.17) is 0 Å². The van der Waals surface area contributed by atoms with Gasteiger partial charge in [-0.2, -0.15) is 0 Å². The molecule has 1 fully saturated rings. The van der Waals surface area contributed by atoms with Gasteiger partial charge in [0.25, 0.3) is 0 Å². The third-order valence-corrected chi connectivity index (χ3v) is 3.95. The van der Waals surface area contributed by atoms with Crippen LogP contribution in [0.3, 0.4) is 0 Å². The van der Waals surface area contributed by atoms with Gasteiger partial charge >= 0.3 is 0 Å². The van der Waals surface area contributed by atoms with Crippen LogP contribution < -0.4 is 15.5 Å². The van der Waals surface area contributed by atoms with Crippen molar-refractivity contribution in [2.75, 3.05) is 52.2 Å². The van der Waals surface area contributed by atoms with Crippen LogP contribution >= 0.6 is 24.0 Å². The number of anilines is 1. The average molecular weight is 431 g/mol.